The van der Waals surface area contributed by atoms with Gasteiger partial charge in [-0.25, -0.2) is 8.78 Å². The average Bonchev–Trinajstić information content (AvgIpc) is 2.87. The van der Waals surface area contributed by atoms with E-state index in [1.165, 1.54) is 0 Å². The zero-order chi connectivity index (χ0) is 14.7. The van der Waals surface area contributed by atoms with Crippen molar-refractivity contribution >= 4 is 0 Å². The highest BCUT2D eigenvalue weighted by atomic mass is 19.3. The summed E-state index contributed by atoms with van der Waals surface area (Å²) >= 11 is 0. The molecule has 20 heavy (non-hydrogen) atoms. The molecule has 2 heterocycles. The molecule has 2 unspecified atom stereocenters. The Morgan fingerprint density at radius 3 is 2.85 bits per heavy atom. The molecule has 1 aliphatic heterocycles. The molecular weight excluding hydrogens is 272 g/mol. The largest absolute Gasteiger partial charge is 0.387 e. The zero-order valence-electron chi connectivity index (χ0n) is 11.5. The lowest BCUT2D eigenvalue weighted by molar-refractivity contribution is -0.0450. The molecule has 1 fully saturated rings. The van der Waals surface area contributed by atoms with E-state index < -0.39 is 12.5 Å². The van der Waals surface area contributed by atoms with Crippen molar-refractivity contribution in [2.45, 2.75) is 44.9 Å². The molecule has 0 radical (unpaired) electrons. The van der Waals surface area contributed by atoms with Gasteiger partial charge in [-0.05, 0) is 13.8 Å². The molecule has 0 aliphatic carbocycles. The number of hydrogen-bond acceptors (Lipinski definition) is 6. The van der Waals surface area contributed by atoms with Gasteiger partial charge in [0.15, 0.2) is 0 Å². The standard InChI is InChI=1S/C12H19F2N3O3/c1-7(2)17-3-4-19-9(6-17)12-15-10(20-16-12)5-8(18)11(13)14/h7-9,11,18H,3-6H2,1-2H3. The van der Waals surface area contributed by atoms with Gasteiger partial charge in [0.2, 0.25) is 11.7 Å². The summed E-state index contributed by atoms with van der Waals surface area (Å²) in [5, 5.41) is 12.8. The van der Waals surface area contributed by atoms with Gasteiger partial charge in [0.1, 0.15) is 12.2 Å². The molecule has 0 spiro atoms. The van der Waals surface area contributed by atoms with Gasteiger partial charge in [-0.15, -0.1) is 0 Å². The van der Waals surface area contributed by atoms with Crippen LogP contribution in [0.5, 0.6) is 0 Å². The topological polar surface area (TPSA) is 71.6 Å². The predicted molar refractivity (Wildman–Crippen MR) is 65.4 cm³/mol. The van der Waals surface area contributed by atoms with Crippen molar-refractivity contribution in [1.82, 2.24) is 15.0 Å². The van der Waals surface area contributed by atoms with E-state index >= 15 is 0 Å². The zero-order valence-corrected chi connectivity index (χ0v) is 11.5. The Bertz CT molecular complexity index is 428. The molecule has 0 amide bonds. The number of hydrogen-bond donors (Lipinski definition) is 1. The number of alkyl halides is 2. The predicted octanol–water partition coefficient (Wildman–Crippen LogP) is 1.02. The first-order valence-electron chi connectivity index (χ1n) is 6.61. The molecule has 2 rings (SSSR count). The van der Waals surface area contributed by atoms with E-state index in [1.54, 1.807) is 0 Å². The minimum Gasteiger partial charge on any atom is -0.387 e. The van der Waals surface area contributed by atoms with Gasteiger partial charge >= 0.3 is 0 Å². The third-order valence-corrected chi connectivity index (χ3v) is 3.27. The van der Waals surface area contributed by atoms with Crippen LogP contribution in [0.2, 0.25) is 0 Å². The van der Waals surface area contributed by atoms with Crippen molar-refractivity contribution in [2.75, 3.05) is 19.7 Å². The second-order valence-electron chi connectivity index (χ2n) is 5.10. The summed E-state index contributed by atoms with van der Waals surface area (Å²) in [5.74, 6) is 0.338. The van der Waals surface area contributed by atoms with Crippen LogP contribution in [0.1, 0.15) is 31.7 Å². The fourth-order valence-electron chi connectivity index (χ4n) is 2.04. The molecule has 2 atom stereocenters. The summed E-state index contributed by atoms with van der Waals surface area (Å²) in [6.45, 7) is 6.20. The Hall–Kier alpha value is -1.12. The Balaban J connectivity index is 1.97. The van der Waals surface area contributed by atoms with Crippen LogP contribution in [-0.2, 0) is 11.2 Å². The van der Waals surface area contributed by atoms with E-state index in [0.29, 0.717) is 25.0 Å². The lowest BCUT2D eigenvalue weighted by atomic mass is 10.2. The van der Waals surface area contributed by atoms with Crippen molar-refractivity contribution in [3.63, 3.8) is 0 Å². The van der Waals surface area contributed by atoms with Crippen LogP contribution >= 0.6 is 0 Å². The Morgan fingerprint density at radius 2 is 2.20 bits per heavy atom. The summed E-state index contributed by atoms with van der Waals surface area (Å²) in [6.07, 6.45) is -5.30. The van der Waals surface area contributed by atoms with Gasteiger partial charge in [-0.3, -0.25) is 4.90 Å². The summed E-state index contributed by atoms with van der Waals surface area (Å²) in [7, 11) is 0. The molecule has 114 valence electrons. The first-order chi connectivity index (χ1) is 9.47. The maximum atomic E-state index is 12.2. The highest BCUT2D eigenvalue weighted by Crippen LogP contribution is 2.21. The number of aromatic nitrogens is 2. The summed E-state index contributed by atoms with van der Waals surface area (Å²) < 4.78 is 34.9. The number of nitrogens with zero attached hydrogens (tertiary/aromatic N) is 3. The maximum Gasteiger partial charge on any atom is 0.264 e. The number of halogens is 2. The Labute approximate surface area is 115 Å². The number of ether oxygens (including phenoxy) is 1. The highest BCUT2D eigenvalue weighted by molar-refractivity contribution is 4.95. The van der Waals surface area contributed by atoms with E-state index in [2.05, 4.69) is 28.9 Å². The lowest BCUT2D eigenvalue weighted by Crippen LogP contribution is -2.42. The Morgan fingerprint density at radius 1 is 1.45 bits per heavy atom. The minimum atomic E-state index is -2.83. The summed E-state index contributed by atoms with van der Waals surface area (Å²) in [5.41, 5.74) is 0. The average molecular weight is 291 g/mol. The number of aliphatic hydroxyl groups is 1. The SMILES string of the molecule is CC(C)N1CCOC(c2noc(CC(O)C(F)F)n2)C1. The van der Waals surface area contributed by atoms with Gasteiger partial charge in [0.25, 0.3) is 6.43 Å². The summed E-state index contributed by atoms with van der Waals surface area (Å²) in [6, 6.07) is 0.383. The van der Waals surface area contributed by atoms with E-state index in [9.17, 15) is 8.78 Å². The lowest BCUT2D eigenvalue weighted by Gasteiger charge is -2.34. The fraction of sp³-hybridized carbons (Fsp3) is 0.833. The van der Waals surface area contributed by atoms with Gasteiger partial charge in [0.05, 0.1) is 13.0 Å². The third kappa shape index (κ3) is 3.71. The molecule has 0 saturated carbocycles. The van der Waals surface area contributed by atoms with Crippen molar-refractivity contribution < 1.29 is 23.1 Å². The van der Waals surface area contributed by atoms with E-state index in [-0.39, 0.29) is 18.4 Å². The van der Waals surface area contributed by atoms with Crippen LogP contribution in [0.4, 0.5) is 8.78 Å². The van der Waals surface area contributed by atoms with Crippen molar-refractivity contribution in [2.24, 2.45) is 0 Å². The number of aliphatic hydroxyl groups excluding tert-OH is 1. The monoisotopic (exact) mass is 291 g/mol. The number of rotatable bonds is 5. The second kappa shape index (κ2) is 6.55. The van der Waals surface area contributed by atoms with Gasteiger partial charge in [-0.1, -0.05) is 5.16 Å². The van der Waals surface area contributed by atoms with E-state index in [0.717, 1.165) is 6.54 Å². The molecular formula is C12H19F2N3O3. The first-order valence-corrected chi connectivity index (χ1v) is 6.61. The van der Waals surface area contributed by atoms with Crippen LogP contribution in [0.3, 0.4) is 0 Å². The molecule has 0 aromatic carbocycles. The first kappa shape index (κ1) is 15.3. The van der Waals surface area contributed by atoms with Crippen LogP contribution in [0.15, 0.2) is 4.52 Å². The fourth-order valence-corrected chi connectivity index (χ4v) is 2.04. The summed E-state index contributed by atoms with van der Waals surface area (Å²) in [4.78, 5) is 6.25. The van der Waals surface area contributed by atoms with Crippen LogP contribution in [0, 0.1) is 0 Å². The van der Waals surface area contributed by atoms with Crippen molar-refractivity contribution in [3.05, 3.63) is 11.7 Å². The van der Waals surface area contributed by atoms with Gasteiger partial charge in [0, 0.05) is 19.1 Å². The van der Waals surface area contributed by atoms with Crippen molar-refractivity contribution in [3.8, 4) is 0 Å². The maximum absolute atomic E-state index is 12.2. The third-order valence-electron chi connectivity index (χ3n) is 3.27. The van der Waals surface area contributed by atoms with Crippen LogP contribution in [0.25, 0.3) is 0 Å². The van der Waals surface area contributed by atoms with E-state index in [4.69, 9.17) is 14.4 Å². The quantitative estimate of drug-likeness (QED) is 0.873. The molecule has 1 aliphatic rings. The van der Waals surface area contributed by atoms with Crippen molar-refractivity contribution in [1.29, 1.82) is 0 Å². The highest BCUT2D eigenvalue weighted by Gasteiger charge is 2.28. The van der Waals surface area contributed by atoms with Crippen LogP contribution in [-0.4, -0.2) is 58.4 Å². The molecule has 8 heteroatoms. The normalized spacial score (nSPS) is 22.6. The second-order valence-corrected chi connectivity index (χ2v) is 5.10. The number of morpholine rings is 1. The van der Waals surface area contributed by atoms with Crippen LogP contribution < -0.4 is 0 Å². The molecule has 1 aromatic rings. The molecule has 0 bridgehead atoms. The minimum absolute atomic E-state index is 0.00179. The molecule has 1 N–H and O–H groups in total. The van der Waals surface area contributed by atoms with Gasteiger partial charge in [-0.2, -0.15) is 4.98 Å². The molecule has 6 nitrogen and oxygen atoms in total. The molecule has 1 aromatic heterocycles. The van der Waals surface area contributed by atoms with Gasteiger partial charge < -0.3 is 14.4 Å². The smallest absolute Gasteiger partial charge is 0.264 e. The molecule has 1 saturated heterocycles. The van der Waals surface area contributed by atoms with E-state index in [1.807, 2.05) is 0 Å². The Kier molecular flexibility index (Phi) is 5.00.